The molecule has 0 saturated heterocycles. The Hall–Kier alpha value is -1.37. The van der Waals surface area contributed by atoms with Crippen molar-refractivity contribution in [3.05, 3.63) is 0 Å². The van der Waals surface area contributed by atoms with Gasteiger partial charge in [0.1, 0.15) is 0 Å². The Morgan fingerprint density at radius 1 is 1.47 bits per heavy atom. The van der Waals surface area contributed by atoms with Gasteiger partial charge in [-0.15, -0.1) is 0 Å². The Morgan fingerprint density at radius 2 is 2.12 bits per heavy atom. The smallest absolute Gasteiger partial charge is 0.328 e. The average Bonchev–Trinajstić information content (AvgIpc) is 2.59. The maximum absolute atomic E-state index is 11.4. The van der Waals surface area contributed by atoms with E-state index in [1.54, 1.807) is 6.92 Å². The average molecular weight is 236 g/mol. The van der Waals surface area contributed by atoms with Crippen molar-refractivity contribution >= 4 is 12.2 Å². The molecule has 1 aliphatic carbocycles. The molecule has 0 aromatic heterocycles. The topological polar surface area (TPSA) is 62.5 Å². The van der Waals surface area contributed by atoms with Crippen LogP contribution in [0.15, 0.2) is 4.99 Å². The van der Waals surface area contributed by atoms with E-state index < -0.39 is 11.9 Å². The van der Waals surface area contributed by atoms with Crippen molar-refractivity contribution in [2.24, 2.45) is 10.9 Å². The molecule has 0 bridgehead atoms. The van der Waals surface area contributed by atoms with E-state index in [2.05, 4.69) is 4.99 Å². The summed E-state index contributed by atoms with van der Waals surface area (Å²) in [6.45, 7) is 2.03. The molecule has 0 aromatic carbocycles. The lowest BCUT2D eigenvalue weighted by Gasteiger charge is -2.08. The molecule has 0 heterocycles. The summed E-state index contributed by atoms with van der Waals surface area (Å²) in [6, 6.07) is 2.20. The van der Waals surface area contributed by atoms with Gasteiger partial charge in [-0.1, -0.05) is 25.7 Å². The minimum atomic E-state index is -0.849. The molecule has 94 valence electrons. The molecule has 17 heavy (non-hydrogen) atoms. The van der Waals surface area contributed by atoms with Crippen molar-refractivity contribution in [2.75, 3.05) is 6.61 Å². The van der Waals surface area contributed by atoms with E-state index in [9.17, 15) is 4.79 Å². The molecular weight excluding hydrogens is 216 g/mol. The Kier molecular flexibility index (Phi) is 6.31. The highest BCUT2D eigenvalue weighted by Crippen LogP contribution is 2.19. The van der Waals surface area contributed by atoms with Crippen LogP contribution in [-0.2, 0) is 9.53 Å². The van der Waals surface area contributed by atoms with E-state index in [-0.39, 0.29) is 6.04 Å². The van der Waals surface area contributed by atoms with Gasteiger partial charge in [-0.25, -0.2) is 0 Å². The third kappa shape index (κ3) is 4.99. The van der Waals surface area contributed by atoms with Crippen molar-refractivity contribution in [1.82, 2.24) is 0 Å². The molecule has 4 heteroatoms. The van der Waals surface area contributed by atoms with Crippen LogP contribution in [0.25, 0.3) is 0 Å². The molecule has 0 amide bonds. The van der Waals surface area contributed by atoms with E-state index >= 15 is 0 Å². The van der Waals surface area contributed by atoms with Gasteiger partial charge < -0.3 is 4.74 Å². The molecular formula is C13H20N2O2. The van der Waals surface area contributed by atoms with Crippen LogP contribution in [-0.4, -0.2) is 24.8 Å². The number of carbonyl (C=O) groups is 1. The molecule has 1 rings (SSSR count). The summed E-state index contributed by atoms with van der Waals surface area (Å²) < 4.78 is 4.81. The predicted octanol–water partition coefficient (Wildman–Crippen LogP) is 2.48. The number of rotatable bonds is 4. The van der Waals surface area contributed by atoms with E-state index in [0.717, 1.165) is 12.8 Å². The molecule has 0 N–H and O–H groups in total. The summed E-state index contributed by atoms with van der Waals surface area (Å²) in [6.07, 6.45) is 8.53. The van der Waals surface area contributed by atoms with Gasteiger partial charge in [0.2, 0.25) is 0 Å². The van der Waals surface area contributed by atoms with E-state index in [4.69, 9.17) is 10.00 Å². The van der Waals surface area contributed by atoms with Crippen LogP contribution >= 0.6 is 0 Å². The second-order valence-corrected chi connectivity index (χ2v) is 4.30. The number of nitrogens with zero attached hydrogens (tertiary/aromatic N) is 2. The number of ether oxygens (including phenoxy) is 1. The Labute approximate surface area is 103 Å². The van der Waals surface area contributed by atoms with Crippen LogP contribution in [0.5, 0.6) is 0 Å². The summed E-state index contributed by atoms with van der Waals surface area (Å²) in [7, 11) is 0. The van der Waals surface area contributed by atoms with Crippen molar-refractivity contribution in [3.8, 4) is 6.07 Å². The first-order valence-electron chi connectivity index (χ1n) is 6.37. The number of hydrogen-bond acceptors (Lipinski definition) is 4. The molecule has 0 aromatic rings. The number of esters is 1. The molecule has 0 spiro atoms. The van der Waals surface area contributed by atoms with Crippen molar-refractivity contribution < 1.29 is 9.53 Å². The third-order valence-corrected chi connectivity index (χ3v) is 2.95. The summed E-state index contributed by atoms with van der Waals surface area (Å²) in [5, 5.41) is 8.87. The van der Waals surface area contributed by atoms with Gasteiger partial charge in [0.15, 0.2) is 5.92 Å². The number of hydrogen-bond donors (Lipinski definition) is 0. The SMILES string of the molecule is CCOC(=O)[C@H](C#N)C=NC1CCCCCC1. The Morgan fingerprint density at radius 3 is 2.65 bits per heavy atom. The summed E-state index contributed by atoms with van der Waals surface area (Å²) in [4.78, 5) is 15.7. The fourth-order valence-electron chi connectivity index (χ4n) is 1.99. The molecule has 1 fully saturated rings. The predicted molar refractivity (Wildman–Crippen MR) is 65.7 cm³/mol. The lowest BCUT2D eigenvalue weighted by Crippen LogP contribution is -2.18. The molecule has 0 radical (unpaired) electrons. The zero-order valence-electron chi connectivity index (χ0n) is 10.4. The van der Waals surface area contributed by atoms with Crippen LogP contribution in [0.1, 0.15) is 45.4 Å². The highest BCUT2D eigenvalue weighted by atomic mass is 16.5. The van der Waals surface area contributed by atoms with E-state index in [1.165, 1.54) is 31.9 Å². The largest absolute Gasteiger partial charge is 0.465 e. The van der Waals surface area contributed by atoms with Crippen LogP contribution < -0.4 is 0 Å². The molecule has 0 aliphatic heterocycles. The number of nitriles is 1. The van der Waals surface area contributed by atoms with Crippen LogP contribution in [0.2, 0.25) is 0 Å². The van der Waals surface area contributed by atoms with Crippen LogP contribution in [0, 0.1) is 17.2 Å². The lowest BCUT2D eigenvalue weighted by atomic mass is 10.1. The highest BCUT2D eigenvalue weighted by Gasteiger charge is 2.17. The standard InChI is InChI=1S/C13H20N2O2/c1-2-17-13(16)11(9-14)10-15-12-7-5-3-4-6-8-12/h10-12H,2-8H2,1H3/t11-/m1/s1. The first-order chi connectivity index (χ1) is 8.27. The fourth-order valence-corrected chi connectivity index (χ4v) is 1.99. The van der Waals surface area contributed by atoms with E-state index in [1.807, 2.05) is 6.07 Å². The van der Waals surface area contributed by atoms with Gasteiger partial charge in [-0.3, -0.25) is 9.79 Å². The quantitative estimate of drug-likeness (QED) is 0.428. The molecule has 1 atom stereocenters. The Balaban J connectivity index is 2.48. The summed E-state index contributed by atoms with van der Waals surface area (Å²) >= 11 is 0. The molecule has 0 unspecified atom stereocenters. The molecule has 1 aliphatic rings. The van der Waals surface area contributed by atoms with Gasteiger partial charge in [-0.2, -0.15) is 5.26 Å². The first-order valence-corrected chi connectivity index (χ1v) is 6.37. The first kappa shape index (κ1) is 13.7. The normalized spacial score (nSPS) is 19.5. The van der Waals surface area contributed by atoms with Gasteiger partial charge in [0.05, 0.1) is 12.7 Å². The van der Waals surface area contributed by atoms with Gasteiger partial charge in [0.25, 0.3) is 0 Å². The van der Waals surface area contributed by atoms with Crippen molar-refractivity contribution in [3.63, 3.8) is 0 Å². The second-order valence-electron chi connectivity index (χ2n) is 4.30. The van der Waals surface area contributed by atoms with Crippen LogP contribution in [0.4, 0.5) is 0 Å². The number of aliphatic imine (C=N–C) groups is 1. The zero-order valence-corrected chi connectivity index (χ0v) is 10.4. The van der Waals surface area contributed by atoms with Crippen molar-refractivity contribution in [2.45, 2.75) is 51.5 Å². The minimum absolute atomic E-state index is 0.280. The third-order valence-electron chi connectivity index (χ3n) is 2.95. The molecule has 1 saturated carbocycles. The lowest BCUT2D eigenvalue weighted by molar-refractivity contribution is -0.143. The maximum atomic E-state index is 11.4. The van der Waals surface area contributed by atoms with E-state index in [0.29, 0.717) is 6.61 Å². The monoisotopic (exact) mass is 236 g/mol. The number of carbonyl (C=O) groups excluding carboxylic acids is 1. The second kappa shape index (κ2) is 7.83. The minimum Gasteiger partial charge on any atom is -0.465 e. The van der Waals surface area contributed by atoms with Gasteiger partial charge in [-0.05, 0) is 19.8 Å². The van der Waals surface area contributed by atoms with Gasteiger partial charge in [0, 0.05) is 12.3 Å². The summed E-state index contributed by atoms with van der Waals surface area (Å²) in [5.41, 5.74) is 0. The van der Waals surface area contributed by atoms with Crippen molar-refractivity contribution in [1.29, 1.82) is 5.26 Å². The fraction of sp³-hybridized carbons (Fsp3) is 0.769. The molecule has 4 nitrogen and oxygen atoms in total. The maximum Gasteiger partial charge on any atom is 0.328 e. The summed E-state index contributed by atoms with van der Waals surface area (Å²) in [5.74, 6) is -1.34. The van der Waals surface area contributed by atoms with Gasteiger partial charge >= 0.3 is 5.97 Å². The zero-order chi connectivity index (χ0) is 12.5. The van der Waals surface area contributed by atoms with Crippen LogP contribution in [0.3, 0.4) is 0 Å². The Bertz CT molecular complexity index is 299. The highest BCUT2D eigenvalue weighted by molar-refractivity contribution is 5.92.